The summed E-state index contributed by atoms with van der Waals surface area (Å²) in [7, 11) is 2.23. The molecule has 1 aliphatic heterocycles. The standard InChI is InChI=1S/C22H28N4S/c1-21(2)13-16(14-22(3,4)26(21)5)24-20-23-11-10-17(25-20)19-12-15-8-6-7-9-18(15)27-19/h6-12,16H,13-14H2,1-5H3,(H,23,24,25). The van der Waals surface area contributed by atoms with Crippen LogP contribution in [0.3, 0.4) is 0 Å². The summed E-state index contributed by atoms with van der Waals surface area (Å²) in [5, 5.41) is 4.88. The lowest BCUT2D eigenvalue weighted by Crippen LogP contribution is -2.61. The molecule has 4 nitrogen and oxygen atoms in total. The number of rotatable bonds is 3. The van der Waals surface area contributed by atoms with Gasteiger partial charge in [0.05, 0.1) is 10.6 Å². The number of anilines is 1. The van der Waals surface area contributed by atoms with Crippen LogP contribution in [0.4, 0.5) is 5.95 Å². The van der Waals surface area contributed by atoms with Crippen molar-refractivity contribution in [3.05, 3.63) is 42.6 Å². The summed E-state index contributed by atoms with van der Waals surface area (Å²) in [6, 6.07) is 13.1. The van der Waals surface area contributed by atoms with E-state index < -0.39 is 0 Å². The molecule has 0 bridgehead atoms. The van der Waals surface area contributed by atoms with E-state index in [2.05, 4.69) is 80.3 Å². The third kappa shape index (κ3) is 3.58. The van der Waals surface area contributed by atoms with Gasteiger partial charge in [0.1, 0.15) is 0 Å². The van der Waals surface area contributed by atoms with Crippen molar-refractivity contribution >= 4 is 27.4 Å². The van der Waals surface area contributed by atoms with E-state index in [0.29, 0.717) is 6.04 Å². The number of likely N-dealkylation sites (tertiary alicyclic amines) is 1. The fraction of sp³-hybridized carbons (Fsp3) is 0.455. The van der Waals surface area contributed by atoms with Gasteiger partial charge in [-0.15, -0.1) is 11.3 Å². The van der Waals surface area contributed by atoms with E-state index in [-0.39, 0.29) is 11.1 Å². The normalized spacial score (nSPS) is 20.0. The molecule has 2 aromatic heterocycles. The van der Waals surface area contributed by atoms with Crippen LogP contribution in [0, 0.1) is 0 Å². The first kappa shape index (κ1) is 18.4. The van der Waals surface area contributed by atoms with E-state index in [1.807, 2.05) is 12.3 Å². The fourth-order valence-corrected chi connectivity index (χ4v) is 5.36. The van der Waals surface area contributed by atoms with Crippen molar-refractivity contribution < 1.29 is 0 Å². The van der Waals surface area contributed by atoms with Gasteiger partial charge in [-0.1, -0.05) is 18.2 Å². The summed E-state index contributed by atoms with van der Waals surface area (Å²) < 4.78 is 1.29. The Balaban J connectivity index is 1.58. The smallest absolute Gasteiger partial charge is 0.223 e. The van der Waals surface area contributed by atoms with Crippen LogP contribution in [0.25, 0.3) is 20.7 Å². The Labute approximate surface area is 165 Å². The van der Waals surface area contributed by atoms with Gasteiger partial charge in [-0.25, -0.2) is 9.97 Å². The highest BCUT2D eigenvalue weighted by atomic mass is 32.1. The molecule has 1 N–H and O–H groups in total. The van der Waals surface area contributed by atoms with E-state index in [1.54, 1.807) is 11.3 Å². The summed E-state index contributed by atoms with van der Waals surface area (Å²) in [4.78, 5) is 13.0. The van der Waals surface area contributed by atoms with Crippen LogP contribution in [0.2, 0.25) is 0 Å². The maximum absolute atomic E-state index is 4.82. The molecule has 1 aromatic carbocycles. The van der Waals surface area contributed by atoms with Gasteiger partial charge in [-0.3, -0.25) is 4.90 Å². The maximum Gasteiger partial charge on any atom is 0.223 e. The maximum atomic E-state index is 4.82. The molecular formula is C22H28N4S. The lowest BCUT2D eigenvalue weighted by Gasteiger charge is -2.53. The second-order valence-electron chi connectivity index (χ2n) is 8.85. The Morgan fingerprint density at radius 1 is 1.07 bits per heavy atom. The van der Waals surface area contributed by atoms with Gasteiger partial charge in [0, 0.05) is 28.0 Å². The van der Waals surface area contributed by atoms with Crippen molar-refractivity contribution in [1.82, 2.24) is 14.9 Å². The Bertz CT molecular complexity index is 909. The minimum atomic E-state index is 0.141. The van der Waals surface area contributed by atoms with Gasteiger partial charge in [-0.05, 0) is 71.2 Å². The third-order valence-corrected chi connectivity index (χ3v) is 7.11. The number of thiophene rings is 1. The molecule has 0 unspecified atom stereocenters. The second-order valence-corrected chi connectivity index (χ2v) is 9.93. The zero-order chi connectivity index (χ0) is 19.2. The molecule has 3 aromatic rings. The lowest BCUT2D eigenvalue weighted by molar-refractivity contribution is -0.00778. The van der Waals surface area contributed by atoms with Crippen LogP contribution >= 0.6 is 11.3 Å². The number of nitrogens with one attached hydrogen (secondary N) is 1. The van der Waals surface area contributed by atoms with Crippen molar-refractivity contribution in [2.45, 2.75) is 57.7 Å². The molecule has 0 atom stereocenters. The number of benzene rings is 1. The molecule has 0 radical (unpaired) electrons. The molecule has 142 valence electrons. The summed E-state index contributed by atoms with van der Waals surface area (Å²) in [6.07, 6.45) is 4.01. The van der Waals surface area contributed by atoms with E-state index in [0.717, 1.165) is 24.5 Å². The molecule has 0 saturated carbocycles. The van der Waals surface area contributed by atoms with Gasteiger partial charge >= 0.3 is 0 Å². The first-order chi connectivity index (χ1) is 12.7. The molecule has 1 aliphatic rings. The SMILES string of the molecule is CN1C(C)(C)CC(Nc2nccc(-c3cc4ccccc4s3)n2)CC1(C)C. The van der Waals surface area contributed by atoms with Gasteiger partial charge < -0.3 is 5.32 Å². The zero-order valence-corrected chi connectivity index (χ0v) is 17.6. The predicted octanol–water partition coefficient (Wildman–Crippen LogP) is 5.42. The Hall–Kier alpha value is -1.98. The Kier molecular flexibility index (Phi) is 4.47. The molecule has 0 amide bonds. The van der Waals surface area contributed by atoms with Gasteiger partial charge in [-0.2, -0.15) is 0 Å². The number of aromatic nitrogens is 2. The number of nitrogens with zero attached hydrogens (tertiary/aromatic N) is 3. The predicted molar refractivity (Wildman–Crippen MR) is 115 cm³/mol. The van der Waals surface area contributed by atoms with E-state index in [4.69, 9.17) is 4.98 Å². The van der Waals surface area contributed by atoms with Crippen LogP contribution in [0.1, 0.15) is 40.5 Å². The van der Waals surface area contributed by atoms with E-state index >= 15 is 0 Å². The molecule has 1 saturated heterocycles. The van der Waals surface area contributed by atoms with Gasteiger partial charge in [0.15, 0.2) is 0 Å². The minimum absolute atomic E-state index is 0.141. The number of fused-ring (bicyclic) bond motifs is 1. The number of hydrogen-bond acceptors (Lipinski definition) is 5. The van der Waals surface area contributed by atoms with Crippen molar-refractivity contribution in [2.24, 2.45) is 0 Å². The highest BCUT2D eigenvalue weighted by Crippen LogP contribution is 2.38. The van der Waals surface area contributed by atoms with Crippen molar-refractivity contribution in [3.8, 4) is 10.6 Å². The first-order valence-electron chi connectivity index (χ1n) is 9.57. The van der Waals surface area contributed by atoms with Crippen LogP contribution < -0.4 is 5.32 Å². The van der Waals surface area contributed by atoms with Crippen molar-refractivity contribution in [2.75, 3.05) is 12.4 Å². The van der Waals surface area contributed by atoms with E-state index in [1.165, 1.54) is 15.0 Å². The summed E-state index contributed by atoms with van der Waals surface area (Å²) in [5.41, 5.74) is 1.27. The number of piperidine rings is 1. The first-order valence-corrected chi connectivity index (χ1v) is 10.4. The molecule has 0 aliphatic carbocycles. The van der Waals surface area contributed by atoms with Gasteiger partial charge in [0.2, 0.25) is 5.95 Å². The van der Waals surface area contributed by atoms with E-state index in [9.17, 15) is 0 Å². The average molecular weight is 381 g/mol. The molecule has 1 fully saturated rings. The third-order valence-electron chi connectivity index (χ3n) is 5.97. The van der Waals surface area contributed by atoms with Gasteiger partial charge in [0.25, 0.3) is 0 Å². The Morgan fingerprint density at radius 2 is 1.78 bits per heavy atom. The minimum Gasteiger partial charge on any atom is -0.351 e. The summed E-state index contributed by atoms with van der Waals surface area (Å²) in [5.74, 6) is 0.728. The number of hydrogen-bond donors (Lipinski definition) is 1. The summed E-state index contributed by atoms with van der Waals surface area (Å²) >= 11 is 1.78. The fourth-order valence-electron chi connectivity index (χ4n) is 4.33. The topological polar surface area (TPSA) is 41.0 Å². The van der Waals surface area contributed by atoms with Crippen molar-refractivity contribution in [3.63, 3.8) is 0 Å². The van der Waals surface area contributed by atoms with Crippen LogP contribution in [-0.4, -0.2) is 39.0 Å². The molecular weight excluding hydrogens is 352 g/mol. The van der Waals surface area contributed by atoms with Crippen molar-refractivity contribution in [1.29, 1.82) is 0 Å². The Morgan fingerprint density at radius 3 is 2.48 bits per heavy atom. The highest BCUT2D eigenvalue weighted by molar-refractivity contribution is 7.22. The van der Waals surface area contributed by atoms with Crippen LogP contribution in [-0.2, 0) is 0 Å². The molecule has 0 spiro atoms. The molecule has 27 heavy (non-hydrogen) atoms. The average Bonchev–Trinajstić information content (AvgIpc) is 3.03. The quantitative estimate of drug-likeness (QED) is 0.658. The van der Waals surface area contributed by atoms with Crippen LogP contribution in [0.15, 0.2) is 42.6 Å². The molecule has 3 heterocycles. The highest BCUT2D eigenvalue weighted by Gasteiger charge is 2.43. The zero-order valence-electron chi connectivity index (χ0n) is 16.8. The molecule has 4 rings (SSSR count). The summed E-state index contributed by atoms with van der Waals surface area (Å²) in [6.45, 7) is 9.27. The van der Waals surface area contributed by atoms with Crippen LogP contribution in [0.5, 0.6) is 0 Å². The monoisotopic (exact) mass is 380 g/mol. The largest absolute Gasteiger partial charge is 0.351 e. The molecule has 5 heteroatoms. The lowest BCUT2D eigenvalue weighted by atomic mass is 9.77. The second kappa shape index (κ2) is 6.57.